The zero-order valence-corrected chi connectivity index (χ0v) is 13.9. The topological polar surface area (TPSA) is 20.3 Å². The third-order valence-corrected chi connectivity index (χ3v) is 4.53. The van der Waals surface area contributed by atoms with Gasteiger partial charge in [0.25, 0.3) is 0 Å². The first-order valence-corrected chi connectivity index (χ1v) is 7.59. The van der Waals surface area contributed by atoms with Crippen molar-refractivity contribution in [1.29, 1.82) is 0 Å². The molecule has 1 aliphatic heterocycles. The summed E-state index contributed by atoms with van der Waals surface area (Å²) < 4.78 is 0. The Morgan fingerprint density at radius 1 is 1.25 bits per heavy atom. The SMILES string of the molecule is CCC(CC(=O)c1ccc(Cl)c(Cl)c1)N1CCCC1.Cl. The van der Waals surface area contributed by atoms with E-state index in [2.05, 4.69) is 11.8 Å². The molecule has 1 atom stereocenters. The highest BCUT2D eigenvalue weighted by Crippen LogP contribution is 2.24. The number of carbonyl (C=O) groups excluding carboxylic acids is 1. The standard InChI is InChI=1S/C15H19Cl2NO.ClH/c1-2-12(18-7-3-4-8-18)10-15(19)11-5-6-13(16)14(17)9-11;/h5-6,9,12H,2-4,7-8,10H2,1H3;1H. The van der Waals surface area contributed by atoms with Crippen molar-refractivity contribution in [3.05, 3.63) is 33.8 Å². The summed E-state index contributed by atoms with van der Waals surface area (Å²) in [5.41, 5.74) is 0.659. The number of Topliss-reactive ketones (excluding diaryl/α,β-unsaturated/α-hetero) is 1. The maximum absolute atomic E-state index is 12.3. The molecular formula is C15H20Cl3NO. The van der Waals surface area contributed by atoms with Gasteiger partial charge in [-0.2, -0.15) is 0 Å². The van der Waals surface area contributed by atoms with Crippen molar-refractivity contribution in [2.24, 2.45) is 0 Å². The van der Waals surface area contributed by atoms with Crippen LogP contribution in [0.1, 0.15) is 43.0 Å². The lowest BCUT2D eigenvalue weighted by Gasteiger charge is -2.25. The fraction of sp³-hybridized carbons (Fsp3) is 0.533. The van der Waals surface area contributed by atoms with E-state index in [1.807, 2.05) is 0 Å². The lowest BCUT2D eigenvalue weighted by molar-refractivity contribution is 0.0930. The Morgan fingerprint density at radius 3 is 2.45 bits per heavy atom. The highest BCUT2D eigenvalue weighted by molar-refractivity contribution is 6.42. The van der Waals surface area contributed by atoms with E-state index in [1.54, 1.807) is 18.2 Å². The van der Waals surface area contributed by atoms with Crippen LogP contribution in [0.2, 0.25) is 10.0 Å². The number of ketones is 1. The van der Waals surface area contributed by atoms with Crippen molar-refractivity contribution in [2.75, 3.05) is 13.1 Å². The number of rotatable bonds is 5. The van der Waals surface area contributed by atoms with Crippen LogP contribution in [0.15, 0.2) is 18.2 Å². The van der Waals surface area contributed by atoms with E-state index in [1.165, 1.54) is 12.8 Å². The van der Waals surface area contributed by atoms with Crippen LogP contribution >= 0.6 is 35.6 Å². The smallest absolute Gasteiger partial charge is 0.164 e. The second-order valence-electron chi connectivity index (χ2n) is 5.06. The molecule has 0 bridgehead atoms. The number of hydrogen-bond donors (Lipinski definition) is 0. The quantitative estimate of drug-likeness (QED) is 0.715. The summed E-state index contributed by atoms with van der Waals surface area (Å²) in [6.45, 7) is 4.38. The van der Waals surface area contributed by atoms with E-state index < -0.39 is 0 Å². The summed E-state index contributed by atoms with van der Waals surface area (Å²) in [6.07, 6.45) is 4.07. The van der Waals surface area contributed by atoms with Gasteiger partial charge in [-0.15, -0.1) is 12.4 Å². The van der Waals surface area contributed by atoms with Crippen LogP contribution in [-0.4, -0.2) is 29.8 Å². The van der Waals surface area contributed by atoms with Crippen molar-refractivity contribution in [3.63, 3.8) is 0 Å². The summed E-state index contributed by atoms with van der Waals surface area (Å²) in [4.78, 5) is 14.7. The minimum absolute atomic E-state index is 0. The average molecular weight is 337 g/mol. The average Bonchev–Trinajstić information content (AvgIpc) is 2.92. The summed E-state index contributed by atoms with van der Waals surface area (Å²) in [5.74, 6) is 0.150. The molecule has 1 aromatic carbocycles. The Bertz CT molecular complexity index is 458. The van der Waals surface area contributed by atoms with Crippen LogP contribution in [0.4, 0.5) is 0 Å². The molecule has 1 saturated heterocycles. The Balaban J connectivity index is 0.00000200. The summed E-state index contributed by atoms with van der Waals surface area (Å²) in [6, 6.07) is 5.47. The fourth-order valence-electron chi connectivity index (χ4n) is 2.64. The van der Waals surface area contributed by atoms with E-state index in [0.29, 0.717) is 28.1 Å². The third-order valence-electron chi connectivity index (χ3n) is 3.79. The van der Waals surface area contributed by atoms with E-state index >= 15 is 0 Å². The van der Waals surface area contributed by atoms with E-state index in [-0.39, 0.29) is 18.2 Å². The van der Waals surface area contributed by atoms with Gasteiger partial charge < -0.3 is 0 Å². The summed E-state index contributed by atoms with van der Waals surface area (Å²) in [5, 5.41) is 0.937. The third kappa shape index (κ3) is 4.36. The van der Waals surface area contributed by atoms with Gasteiger partial charge in [-0.05, 0) is 50.6 Å². The van der Waals surface area contributed by atoms with E-state index in [4.69, 9.17) is 23.2 Å². The van der Waals surface area contributed by atoms with Crippen molar-refractivity contribution in [3.8, 4) is 0 Å². The van der Waals surface area contributed by atoms with Crippen LogP contribution in [0.5, 0.6) is 0 Å². The zero-order chi connectivity index (χ0) is 13.8. The van der Waals surface area contributed by atoms with Gasteiger partial charge in [0, 0.05) is 18.0 Å². The second-order valence-corrected chi connectivity index (χ2v) is 5.88. The fourth-order valence-corrected chi connectivity index (χ4v) is 2.94. The monoisotopic (exact) mass is 335 g/mol. The number of likely N-dealkylation sites (tertiary alicyclic amines) is 1. The van der Waals surface area contributed by atoms with Crippen molar-refractivity contribution < 1.29 is 4.79 Å². The van der Waals surface area contributed by atoms with Crippen LogP contribution < -0.4 is 0 Å². The highest BCUT2D eigenvalue weighted by Gasteiger charge is 2.23. The highest BCUT2D eigenvalue weighted by atomic mass is 35.5. The molecule has 2 rings (SSSR count). The molecule has 0 saturated carbocycles. The minimum Gasteiger partial charge on any atom is -0.300 e. The van der Waals surface area contributed by atoms with E-state index in [0.717, 1.165) is 19.5 Å². The first kappa shape index (κ1) is 17.8. The van der Waals surface area contributed by atoms with Gasteiger partial charge in [0.2, 0.25) is 0 Å². The normalized spacial score (nSPS) is 16.8. The van der Waals surface area contributed by atoms with Gasteiger partial charge in [-0.3, -0.25) is 9.69 Å². The lowest BCUT2D eigenvalue weighted by atomic mass is 10.0. The Kier molecular flexibility index (Phi) is 7.32. The molecule has 1 heterocycles. The molecule has 0 aliphatic carbocycles. The maximum Gasteiger partial charge on any atom is 0.164 e. The van der Waals surface area contributed by atoms with Gasteiger partial charge in [0.15, 0.2) is 5.78 Å². The maximum atomic E-state index is 12.3. The molecular weight excluding hydrogens is 317 g/mol. The van der Waals surface area contributed by atoms with Gasteiger partial charge >= 0.3 is 0 Å². The van der Waals surface area contributed by atoms with Gasteiger partial charge in [0.1, 0.15) is 0 Å². The van der Waals surface area contributed by atoms with E-state index in [9.17, 15) is 4.79 Å². The van der Waals surface area contributed by atoms with Gasteiger partial charge in [-0.25, -0.2) is 0 Å². The summed E-state index contributed by atoms with van der Waals surface area (Å²) >= 11 is 11.8. The van der Waals surface area contributed by atoms with Crippen LogP contribution in [0.25, 0.3) is 0 Å². The predicted molar refractivity (Wildman–Crippen MR) is 87.5 cm³/mol. The number of benzene rings is 1. The first-order chi connectivity index (χ1) is 9.11. The predicted octanol–water partition coefficient (Wildman–Crippen LogP) is 4.86. The van der Waals surface area contributed by atoms with Crippen molar-refractivity contribution in [2.45, 2.75) is 38.6 Å². The largest absolute Gasteiger partial charge is 0.300 e. The van der Waals surface area contributed by atoms with Crippen molar-refractivity contribution >= 4 is 41.4 Å². The Hall–Kier alpha value is -0.280. The van der Waals surface area contributed by atoms with Gasteiger partial charge in [-0.1, -0.05) is 30.1 Å². The molecule has 0 aromatic heterocycles. The van der Waals surface area contributed by atoms with Crippen molar-refractivity contribution in [1.82, 2.24) is 4.90 Å². The molecule has 1 unspecified atom stereocenters. The Labute approximate surface area is 136 Å². The second kappa shape index (κ2) is 8.23. The molecule has 2 nitrogen and oxygen atoms in total. The molecule has 0 spiro atoms. The number of nitrogens with zero attached hydrogens (tertiary/aromatic N) is 1. The van der Waals surface area contributed by atoms with Crippen LogP contribution in [0, 0.1) is 0 Å². The molecule has 1 aromatic rings. The number of carbonyl (C=O) groups is 1. The molecule has 20 heavy (non-hydrogen) atoms. The summed E-state index contributed by atoms with van der Waals surface area (Å²) in [7, 11) is 0. The Morgan fingerprint density at radius 2 is 1.90 bits per heavy atom. The van der Waals surface area contributed by atoms with Gasteiger partial charge in [0.05, 0.1) is 10.0 Å². The molecule has 1 fully saturated rings. The molecule has 5 heteroatoms. The first-order valence-electron chi connectivity index (χ1n) is 6.84. The lowest BCUT2D eigenvalue weighted by Crippen LogP contribution is -2.34. The van der Waals surface area contributed by atoms with Crippen LogP contribution in [-0.2, 0) is 0 Å². The molecule has 0 N–H and O–H groups in total. The molecule has 112 valence electrons. The molecule has 1 aliphatic rings. The number of hydrogen-bond acceptors (Lipinski definition) is 2. The molecule has 0 amide bonds. The minimum atomic E-state index is 0. The van der Waals surface area contributed by atoms with Crippen LogP contribution in [0.3, 0.4) is 0 Å². The molecule has 0 radical (unpaired) electrons. The number of halogens is 3. The zero-order valence-electron chi connectivity index (χ0n) is 11.6.